The number of hydrogen-bond donors (Lipinski definition) is 2. The van der Waals surface area contributed by atoms with Gasteiger partial charge in [-0.1, -0.05) is 22.9 Å². The molecule has 1 aromatic rings. The number of hydrogen-bond acceptors (Lipinski definition) is 4. The Bertz CT molecular complexity index is 536. The Kier molecular flexibility index (Phi) is 6.85. The van der Waals surface area contributed by atoms with Gasteiger partial charge in [-0.2, -0.15) is 0 Å². The predicted molar refractivity (Wildman–Crippen MR) is 90.8 cm³/mol. The van der Waals surface area contributed by atoms with Crippen LogP contribution in [0, 0.1) is 5.92 Å². The first-order chi connectivity index (χ1) is 11.0. The predicted octanol–water partition coefficient (Wildman–Crippen LogP) is 1.71. The topological polar surface area (TPSA) is 70.7 Å². The Morgan fingerprint density at radius 2 is 1.96 bits per heavy atom. The van der Waals surface area contributed by atoms with Gasteiger partial charge in [0.15, 0.2) is 6.61 Å². The zero-order valence-electron chi connectivity index (χ0n) is 13.2. The van der Waals surface area contributed by atoms with Gasteiger partial charge in [0.1, 0.15) is 5.75 Å². The second-order valence-electron chi connectivity index (χ2n) is 5.82. The molecule has 0 saturated carbocycles. The monoisotopic (exact) mass is 383 g/mol. The number of nitrogens with one attached hydrogen (secondary N) is 2. The van der Waals surface area contributed by atoms with E-state index in [9.17, 15) is 9.59 Å². The highest BCUT2D eigenvalue weighted by Gasteiger charge is 2.18. The van der Waals surface area contributed by atoms with Gasteiger partial charge in [0.25, 0.3) is 11.8 Å². The van der Waals surface area contributed by atoms with Gasteiger partial charge in [0, 0.05) is 11.0 Å². The van der Waals surface area contributed by atoms with Crippen LogP contribution in [-0.2, 0) is 9.59 Å². The van der Waals surface area contributed by atoms with Gasteiger partial charge in [0.2, 0.25) is 0 Å². The quantitative estimate of drug-likeness (QED) is 0.759. The van der Waals surface area contributed by atoms with E-state index in [1.165, 1.54) is 6.42 Å². The third-order valence-corrected chi connectivity index (χ3v) is 4.16. The number of ether oxygens (including phenoxy) is 1. The average molecular weight is 384 g/mol. The fourth-order valence-corrected chi connectivity index (χ4v) is 2.79. The molecule has 6 nitrogen and oxygen atoms in total. The third kappa shape index (κ3) is 6.58. The number of hydrazine groups is 1. The summed E-state index contributed by atoms with van der Waals surface area (Å²) in [4.78, 5) is 25.6. The fraction of sp³-hybridized carbons (Fsp3) is 0.500. The number of likely N-dealkylation sites (tertiary alicyclic amines) is 1. The van der Waals surface area contributed by atoms with Crippen molar-refractivity contribution in [2.45, 2.75) is 19.8 Å². The Morgan fingerprint density at radius 3 is 2.65 bits per heavy atom. The molecule has 1 unspecified atom stereocenters. The molecule has 1 saturated heterocycles. The third-order valence-electron chi connectivity index (χ3n) is 3.63. The molecule has 0 aliphatic carbocycles. The maximum absolute atomic E-state index is 11.8. The number of rotatable bonds is 5. The van der Waals surface area contributed by atoms with Gasteiger partial charge < -0.3 is 4.74 Å². The van der Waals surface area contributed by atoms with E-state index in [-0.39, 0.29) is 12.5 Å². The summed E-state index contributed by atoms with van der Waals surface area (Å²) in [7, 11) is 0. The fourth-order valence-electron chi connectivity index (χ4n) is 2.53. The summed E-state index contributed by atoms with van der Waals surface area (Å²) in [5.41, 5.74) is 4.79. The van der Waals surface area contributed by atoms with Gasteiger partial charge in [-0.15, -0.1) is 0 Å². The van der Waals surface area contributed by atoms with E-state index in [2.05, 4.69) is 38.6 Å². The molecule has 1 atom stereocenters. The zero-order chi connectivity index (χ0) is 16.7. The van der Waals surface area contributed by atoms with Crippen molar-refractivity contribution in [1.82, 2.24) is 15.8 Å². The summed E-state index contributed by atoms with van der Waals surface area (Å²) in [6, 6.07) is 7.17. The van der Waals surface area contributed by atoms with Crippen LogP contribution in [0.25, 0.3) is 0 Å². The molecule has 7 heteroatoms. The molecule has 1 aliphatic rings. The van der Waals surface area contributed by atoms with Crippen molar-refractivity contribution in [1.29, 1.82) is 0 Å². The molecule has 0 radical (unpaired) electrons. The highest BCUT2D eigenvalue weighted by atomic mass is 79.9. The Morgan fingerprint density at radius 1 is 1.26 bits per heavy atom. The molecular formula is C16H22BrN3O3. The Labute approximate surface area is 144 Å². The number of carbonyl (C=O) groups excluding carboxylic acids is 2. The van der Waals surface area contributed by atoms with Crippen LogP contribution >= 0.6 is 15.9 Å². The smallest absolute Gasteiger partial charge is 0.276 e. The van der Waals surface area contributed by atoms with Crippen molar-refractivity contribution >= 4 is 27.7 Å². The summed E-state index contributed by atoms with van der Waals surface area (Å²) in [6.07, 6.45) is 2.32. The largest absolute Gasteiger partial charge is 0.484 e. The van der Waals surface area contributed by atoms with Crippen LogP contribution in [0.5, 0.6) is 5.75 Å². The Balaban J connectivity index is 1.63. The number of amides is 2. The lowest BCUT2D eigenvalue weighted by molar-refractivity contribution is -0.130. The van der Waals surface area contributed by atoms with Crippen molar-refractivity contribution in [3.8, 4) is 5.75 Å². The van der Waals surface area contributed by atoms with Crippen LogP contribution in [0.1, 0.15) is 19.8 Å². The number of nitrogens with zero attached hydrogens (tertiary/aromatic N) is 1. The first-order valence-electron chi connectivity index (χ1n) is 7.71. The maximum Gasteiger partial charge on any atom is 0.276 e. The molecule has 1 aliphatic heterocycles. The lowest BCUT2D eigenvalue weighted by Crippen LogP contribution is -2.49. The molecule has 2 N–H and O–H groups in total. The SMILES string of the molecule is CC1CCCN(CC(=O)NNC(=O)COc2ccc(Br)cc2)C1. The Hall–Kier alpha value is -1.60. The molecule has 1 fully saturated rings. The van der Waals surface area contributed by atoms with Crippen molar-refractivity contribution < 1.29 is 14.3 Å². The van der Waals surface area contributed by atoms with Gasteiger partial charge in [-0.25, -0.2) is 0 Å². The molecule has 0 bridgehead atoms. The van der Waals surface area contributed by atoms with Crippen molar-refractivity contribution in [2.75, 3.05) is 26.2 Å². The van der Waals surface area contributed by atoms with Crippen LogP contribution in [0.4, 0.5) is 0 Å². The van der Waals surface area contributed by atoms with Crippen LogP contribution in [0.2, 0.25) is 0 Å². The molecule has 2 amide bonds. The second-order valence-corrected chi connectivity index (χ2v) is 6.74. The maximum atomic E-state index is 11.8. The molecule has 126 valence electrons. The summed E-state index contributed by atoms with van der Waals surface area (Å²) in [6.45, 7) is 4.19. The zero-order valence-corrected chi connectivity index (χ0v) is 14.8. The summed E-state index contributed by atoms with van der Waals surface area (Å²) in [5.74, 6) is 0.604. The number of carbonyl (C=O) groups is 2. The molecule has 1 heterocycles. The van der Waals surface area contributed by atoms with Gasteiger partial charge in [-0.3, -0.25) is 25.3 Å². The highest BCUT2D eigenvalue weighted by Crippen LogP contribution is 2.16. The second kappa shape index (κ2) is 8.88. The first-order valence-corrected chi connectivity index (χ1v) is 8.50. The van der Waals surface area contributed by atoms with Gasteiger partial charge in [-0.05, 0) is 49.6 Å². The van der Waals surface area contributed by atoms with Crippen molar-refractivity contribution in [3.63, 3.8) is 0 Å². The van der Waals surface area contributed by atoms with E-state index >= 15 is 0 Å². The van der Waals surface area contributed by atoms with E-state index in [1.807, 2.05) is 12.1 Å². The van der Waals surface area contributed by atoms with Crippen LogP contribution in [0.3, 0.4) is 0 Å². The number of benzene rings is 1. The molecule has 23 heavy (non-hydrogen) atoms. The van der Waals surface area contributed by atoms with E-state index < -0.39 is 5.91 Å². The van der Waals surface area contributed by atoms with E-state index in [0.717, 1.165) is 24.0 Å². The van der Waals surface area contributed by atoms with E-state index in [1.54, 1.807) is 12.1 Å². The van der Waals surface area contributed by atoms with Crippen LogP contribution < -0.4 is 15.6 Å². The number of halogens is 1. The molecule has 2 rings (SSSR count). The lowest BCUT2D eigenvalue weighted by Gasteiger charge is -2.30. The lowest BCUT2D eigenvalue weighted by atomic mass is 10.0. The average Bonchev–Trinajstić information content (AvgIpc) is 2.52. The first kappa shape index (κ1) is 17.7. The molecule has 0 spiro atoms. The normalized spacial score (nSPS) is 18.3. The summed E-state index contributed by atoms with van der Waals surface area (Å²) >= 11 is 3.32. The van der Waals surface area contributed by atoms with Crippen LogP contribution in [-0.4, -0.2) is 43.0 Å². The standard InChI is InChI=1S/C16H22BrN3O3/c1-12-3-2-8-20(9-12)10-15(21)18-19-16(22)11-23-14-6-4-13(17)5-7-14/h4-7,12H,2-3,8-11H2,1H3,(H,18,21)(H,19,22). The molecular weight excluding hydrogens is 362 g/mol. The minimum absolute atomic E-state index is 0.150. The summed E-state index contributed by atoms with van der Waals surface area (Å²) < 4.78 is 6.26. The highest BCUT2D eigenvalue weighted by molar-refractivity contribution is 9.10. The minimum atomic E-state index is -0.395. The number of piperidine rings is 1. The molecule has 1 aromatic carbocycles. The van der Waals surface area contributed by atoms with E-state index in [4.69, 9.17) is 4.74 Å². The van der Waals surface area contributed by atoms with Crippen molar-refractivity contribution in [2.24, 2.45) is 5.92 Å². The van der Waals surface area contributed by atoms with Crippen molar-refractivity contribution in [3.05, 3.63) is 28.7 Å². The molecule has 0 aromatic heterocycles. The van der Waals surface area contributed by atoms with Crippen LogP contribution in [0.15, 0.2) is 28.7 Å². The minimum Gasteiger partial charge on any atom is -0.484 e. The van der Waals surface area contributed by atoms with Gasteiger partial charge >= 0.3 is 0 Å². The van der Waals surface area contributed by atoms with E-state index in [0.29, 0.717) is 18.2 Å². The van der Waals surface area contributed by atoms with Gasteiger partial charge in [0.05, 0.1) is 6.54 Å². The summed E-state index contributed by atoms with van der Waals surface area (Å²) in [5, 5.41) is 0.